The molecule has 0 saturated heterocycles. The van der Waals surface area contributed by atoms with E-state index in [1.54, 1.807) is 6.20 Å². The van der Waals surface area contributed by atoms with Gasteiger partial charge in [0.05, 0.1) is 16.4 Å². The lowest BCUT2D eigenvalue weighted by Crippen LogP contribution is -2.41. The molecule has 5 atom stereocenters. The Labute approximate surface area is 340 Å². The molecule has 0 bridgehead atoms. The Kier molecular flexibility index (Phi) is 8.07. The van der Waals surface area contributed by atoms with Gasteiger partial charge in [0, 0.05) is 70.2 Å². The second-order valence-corrected chi connectivity index (χ2v) is 16.7. The maximum Gasteiger partial charge on any atom is 0.0622 e. The second-order valence-electron chi connectivity index (χ2n) is 16.7. The van der Waals surface area contributed by atoms with Gasteiger partial charge in [-0.25, -0.2) is 0 Å². The molecule has 3 N–H and O–H groups in total. The summed E-state index contributed by atoms with van der Waals surface area (Å²) < 4.78 is 2.52. The highest BCUT2D eigenvalue weighted by molar-refractivity contribution is 6.16. The Bertz CT molecular complexity index is 2860. The average molecular weight is 754 g/mol. The van der Waals surface area contributed by atoms with Crippen LogP contribution in [-0.2, 0) is 5.41 Å². The van der Waals surface area contributed by atoms with Crippen molar-refractivity contribution in [2.75, 3.05) is 11.4 Å². The van der Waals surface area contributed by atoms with E-state index in [0.29, 0.717) is 5.92 Å². The predicted molar refractivity (Wildman–Crippen MR) is 242 cm³/mol. The molecule has 5 nitrogen and oxygen atoms in total. The van der Waals surface area contributed by atoms with Crippen LogP contribution < -0.4 is 16.0 Å². The van der Waals surface area contributed by atoms with Gasteiger partial charge < -0.3 is 20.5 Å². The quantitative estimate of drug-likeness (QED) is 0.178. The number of para-hydroxylation sites is 2. The average Bonchev–Trinajstić information content (AvgIpc) is 3.88. The molecule has 4 aliphatic rings. The Hall–Kier alpha value is -6.59. The van der Waals surface area contributed by atoms with Crippen LogP contribution in [-0.4, -0.2) is 23.4 Å². The Morgan fingerprint density at radius 3 is 2.28 bits per heavy atom. The highest BCUT2D eigenvalue weighted by atomic mass is 15.2. The molecule has 0 amide bonds. The van der Waals surface area contributed by atoms with Crippen molar-refractivity contribution in [3.05, 3.63) is 186 Å². The van der Waals surface area contributed by atoms with Gasteiger partial charge in [-0.1, -0.05) is 116 Å². The summed E-state index contributed by atoms with van der Waals surface area (Å²) in [5.41, 5.74) is 22.3. The third-order valence-corrected chi connectivity index (χ3v) is 13.5. The van der Waals surface area contributed by atoms with Crippen molar-refractivity contribution in [1.29, 1.82) is 0 Å². The first kappa shape index (κ1) is 34.6. The third kappa shape index (κ3) is 4.98. The smallest absolute Gasteiger partial charge is 0.0622 e. The lowest BCUT2D eigenvalue weighted by atomic mass is 9.61. The van der Waals surface area contributed by atoms with E-state index in [1.807, 2.05) is 6.20 Å². The van der Waals surface area contributed by atoms with E-state index in [0.717, 1.165) is 25.1 Å². The molecule has 0 fully saturated rings. The van der Waals surface area contributed by atoms with Crippen LogP contribution in [0, 0.1) is 11.8 Å². The SMILES string of the molecule is CC1CNC=C(C2(C3C=NC=CC3)c3ccccc3-c3c2ccc2c4ccccc4n(-c4ccc(-c5ccc(N6c7ccccc7C(/C=C\N)C6C)cc5)cc4)c32)C1. The van der Waals surface area contributed by atoms with Crippen LogP contribution >= 0.6 is 0 Å². The number of aliphatic imine (C=N–C) groups is 1. The van der Waals surface area contributed by atoms with E-state index in [2.05, 4.69) is 187 Å². The molecule has 6 aromatic carbocycles. The van der Waals surface area contributed by atoms with Crippen molar-refractivity contribution in [1.82, 2.24) is 9.88 Å². The van der Waals surface area contributed by atoms with Crippen LogP contribution in [0.5, 0.6) is 0 Å². The lowest BCUT2D eigenvalue weighted by molar-refractivity contribution is 0.413. The number of benzene rings is 6. The van der Waals surface area contributed by atoms with Crippen LogP contribution in [0.25, 0.3) is 49.7 Å². The number of aromatic nitrogens is 1. The predicted octanol–water partition coefficient (Wildman–Crippen LogP) is 11.9. The van der Waals surface area contributed by atoms with Crippen LogP contribution in [0.4, 0.5) is 11.4 Å². The van der Waals surface area contributed by atoms with Gasteiger partial charge >= 0.3 is 0 Å². The number of allylic oxidation sites excluding steroid dienone is 2. The number of nitrogens with zero attached hydrogens (tertiary/aromatic N) is 3. The Morgan fingerprint density at radius 1 is 0.759 bits per heavy atom. The van der Waals surface area contributed by atoms with Gasteiger partial charge in [0.25, 0.3) is 0 Å². The lowest BCUT2D eigenvalue weighted by Gasteiger charge is -2.43. The minimum Gasteiger partial charge on any atom is -0.405 e. The molecule has 3 aliphatic heterocycles. The Morgan fingerprint density at radius 2 is 1.50 bits per heavy atom. The molecule has 11 rings (SSSR count). The van der Waals surface area contributed by atoms with E-state index in [4.69, 9.17) is 10.7 Å². The van der Waals surface area contributed by atoms with Crippen molar-refractivity contribution < 1.29 is 0 Å². The standard InChI is InChI=1S/C53H47N5/c1-34-30-39(33-56-31-34)53(38-10-9-29-55-32-38)47-14-6-3-13-46(47)51-48(53)26-25-45-44-12-5-8-16-50(44)58(52(45)51)41-23-19-37(20-24-41)36-17-21-40(22-18-36)57-35(2)42(27-28-54)43-11-4-7-15-49(43)57/h3-9,11-29,32-35,38,42,56H,10,30-31,54H2,1-2H3/b28-27-. The van der Waals surface area contributed by atoms with Gasteiger partial charge in [0.15, 0.2) is 0 Å². The van der Waals surface area contributed by atoms with Gasteiger partial charge in [-0.15, -0.1) is 0 Å². The van der Waals surface area contributed by atoms with Crippen molar-refractivity contribution in [3.8, 4) is 27.9 Å². The summed E-state index contributed by atoms with van der Waals surface area (Å²) in [5.74, 6) is 0.996. The fourth-order valence-electron chi connectivity index (χ4n) is 11.0. The van der Waals surface area contributed by atoms with Gasteiger partial charge in [0.1, 0.15) is 0 Å². The highest BCUT2D eigenvalue weighted by Gasteiger charge is 2.52. The first-order valence-corrected chi connectivity index (χ1v) is 20.8. The first-order chi connectivity index (χ1) is 28.6. The molecule has 1 aliphatic carbocycles. The van der Waals surface area contributed by atoms with E-state index < -0.39 is 0 Å². The molecule has 1 aromatic heterocycles. The van der Waals surface area contributed by atoms with Gasteiger partial charge in [-0.3, -0.25) is 4.99 Å². The number of nitrogens with two attached hydrogens (primary N) is 1. The summed E-state index contributed by atoms with van der Waals surface area (Å²) in [6.07, 6.45) is 14.6. The van der Waals surface area contributed by atoms with Crippen molar-refractivity contribution in [2.24, 2.45) is 22.6 Å². The largest absolute Gasteiger partial charge is 0.405 e. The molecule has 0 saturated carbocycles. The first-order valence-electron chi connectivity index (χ1n) is 20.8. The summed E-state index contributed by atoms with van der Waals surface area (Å²) in [5, 5.41) is 6.24. The number of nitrogens with one attached hydrogen (secondary N) is 1. The van der Waals surface area contributed by atoms with E-state index in [-0.39, 0.29) is 23.3 Å². The summed E-state index contributed by atoms with van der Waals surface area (Å²) in [6.45, 7) is 5.65. The summed E-state index contributed by atoms with van der Waals surface area (Å²) >= 11 is 0. The van der Waals surface area contributed by atoms with Gasteiger partial charge in [0.2, 0.25) is 0 Å². The fourth-order valence-corrected chi connectivity index (χ4v) is 11.0. The molecule has 58 heavy (non-hydrogen) atoms. The maximum absolute atomic E-state index is 5.90. The molecule has 7 aromatic rings. The number of hydrogen-bond acceptors (Lipinski definition) is 4. The molecule has 284 valence electrons. The molecule has 0 spiro atoms. The summed E-state index contributed by atoms with van der Waals surface area (Å²) in [4.78, 5) is 7.23. The molecule has 5 heteroatoms. The topological polar surface area (TPSA) is 58.6 Å². The number of rotatable bonds is 6. The Balaban J connectivity index is 1.05. The van der Waals surface area contributed by atoms with E-state index in [1.165, 1.54) is 77.7 Å². The minimum absolute atomic E-state index is 0.201. The van der Waals surface area contributed by atoms with Crippen LogP contribution in [0.1, 0.15) is 49.3 Å². The van der Waals surface area contributed by atoms with Crippen LogP contribution in [0.2, 0.25) is 0 Å². The zero-order valence-corrected chi connectivity index (χ0v) is 33.0. The second kappa shape index (κ2) is 13.5. The van der Waals surface area contributed by atoms with E-state index in [9.17, 15) is 0 Å². The molecule has 5 unspecified atom stereocenters. The van der Waals surface area contributed by atoms with Crippen LogP contribution in [0.15, 0.2) is 175 Å². The monoisotopic (exact) mass is 753 g/mol. The zero-order valence-electron chi connectivity index (χ0n) is 33.0. The van der Waals surface area contributed by atoms with Gasteiger partial charge in [-0.2, -0.15) is 0 Å². The van der Waals surface area contributed by atoms with Crippen molar-refractivity contribution in [3.63, 3.8) is 0 Å². The third-order valence-electron chi connectivity index (χ3n) is 13.5. The molecular weight excluding hydrogens is 707 g/mol. The van der Waals surface area contributed by atoms with Crippen molar-refractivity contribution >= 4 is 39.4 Å². The summed E-state index contributed by atoms with van der Waals surface area (Å²) in [7, 11) is 0. The number of fused-ring (bicyclic) bond motifs is 8. The molecular formula is C53H47N5. The number of anilines is 2. The molecule has 4 heterocycles. The van der Waals surface area contributed by atoms with Gasteiger partial charge in [-0.05, 0) is 113 Å². The molecule has 0 radical (unpaired) electrons. The van der Waals surface area contributed by atoms with Crippen LogP contribution in [0.3, 0.4) is 0 Å². The minimum atomic E-state index is -0.329. The maximum atomic E-state index is 5.90. The van der Waals surface area contributed by atoms with E-state index >= 15 is 0 Å². The zero-order chi connectivity index (χ0) is 39.0. The number of hydrogen-bond donors (Lipinski definition) is 2. The van der Waals surface area contributed by atoms with Crippen molar-refractivity contribution in [2.45, 2.75) is 44.1 Å². The summed E-state index contributed by atoms with van der Waals surface area (Å²) in [6, 6.07) is 50.1. The fraction of sp³-hybridized carbons (Fsp3) is 0.189. The highest BCUT2D eigenvalue weighted by Crippen LogP contribution is 2.60. The normalized spacial score (nSPS) is 23.3.